The quantitative estimate of drug-likeness (QED) is 0.821. The summed E-state index contributed by atoms with van der Waals surface area (Å²) >= 11 is 0. The van der Waals surface area contributed by atoms with Crippen molar-refractivity contribution in [3.05, 3.63) is 17.0 Å². The number of rotatable bonds is 3. The molecule has 1 N–H and O–H groups in total. The first-order valence-electron chi connectivity index (χ1n) is 5.98. The predicted octanol–water partition coefficient (Wildman–Crippen LogP) is 1.99. The summed E-state index contributed by atoms with van der Waals surface area (Å²) in [5.74, 6) is 0.690. The molecule has 1 saturated heterocycles. The highest BCUT2D eigenvalue weighted by Gasteiger charge is 2.23. The number of aromatic nitrogens is 2. The van der Waals surface area contributed by atoms with Crippen molar-refractivity contribution in [1.29, 1.82) is 0 Å². The van der Waals surface area contributed by atoms with Gasteiger partial charge in [0.2, 0.25) is 0 Å². The van der Waals surface area contributed by atoms with Crippen molar-refractivity contribution < 1.29 is 0 Å². The molecular weight excluding hydrogens is 186 g/mol. The van der Waals surface area contributed by atoms with Crippen LogP contribution in [0.1, 0.15) is 42.6 Å². The van der Waals surface area contributed by atoms with Crippen molar-refractivity contribution in [3.63, 3.8) is 0 Å². The summed E-state index contributed by atoms with van der Waals surface area (Å²) in [7, 11) is 0. The van der Waals surface area contributed by atoms with E-state index in [4.69, 9.17) is 0 Å². The van der Waals surface area contributed by atoms with Gasteiger partial charge in [0, 0.05) is 30.3 Å². The molecular formula is C12H21N3. The van der Waals surface area contributed by atoms with E-state index in [1.807, 2.05) is 0 Å². The number of hydrogen-bond acceptors (Lipinski definition) is 2. The van der Waals surface area contributed by atoms with Gasteiger partial charge in [-0.05, 0) is 33.2 Å². The maximum Gasteiger partial charge on any atom is 0.0631 e. The van der Waals surface area contributed by atoms with E-state index in [1.54, 1.807) is 0 Å². The van der Waals surface area contributed by atoms with Crippen LogP contribution in [0.25, 0.3) is 0 Å². The Hall–Kier alpha value is -0.830. The predicted molar refractivity (Wildman–Crippen MR) is 62.2 cm³/mol. The topological polar surface area (TPSA) is 29.9 Å². The highest BCUT2D eigenvalue weighted by Crippen LogP contribution is 2.28. The summed E-state index contributed by atoms with van der Waals surface area (Å²) in [6, 6.07) is 0. The molecule has 0 saturated carbocycles. The van der Waals surface area contributed by atoms with Crippen LogP contribution in [-0.4, -0.2) is 22.9 Å². The van der Waals surface area contributed by atoms with Gasteiger partial charge in [0.05, 0.1) is 5.69 Å². The third kappa shape index (κ3) is 1.93. The van der Waals surface area contributed by atoms with Gasteiger partial charge in [0.1, 0.15) is 0 Å². The zero-order chi connectivity index (χ0) is 10.8. The Balaban J connectivity index is 2.29. The highest BCUT2D eigenvalue weighted by molar-refractivity contribution is 5.30. The molecule has 1 atom stereocenters. The molecule has 1 unspecified atom stereocenters. The fourth-order valence-electron chi connectivity index (χ4n) is 2.63. The lowest BCUT2D eigenvalue weighted by Gasteiger charge is -2.09. The highest BCUT2D eigenvalue weighted by atomic mass is 15.3. The molecule has 1 aliphatic rings. The SMILES string of the molecule is CCCn1nc(C)c(C2CCNC2)c1C. The molecule has 0 radical (unpaired) electrons. The van der Waals surface area contributed by atoms with Crippen LogP contribution in [0.2, 0.25) is 0 Å². The third-order valence-electron chi connectivity index (χ3n) is 3.34. The zero-order valence-corrected chi connectivity index (χ0v) is 10.0. The zero-order valence-electron chi connectivity index (χ0n) is 10.0. The lowest BCUT2D eigenvalue weighted by atomic mass is 9.96. The number of nitrogens with zero attached hydrogens (tertiary/aromatic N) is 2. The van der Waals surface area contributed by atoms with Gasteiger partial charge in [-0.1, -0.05) is 6.92 Å². The third-order valence-corrected chi connectivity index (χ3v) is 3.34. The van der Waals surface area contributed by atoms with Gasteiger partial charge >= 0.3 is 0 Å². The van der Waals surface area contributed by atoms with Gasteiger partial charge in [0.25, 0.3) is 0 Å². The van der Waals surface area contributed by atoms with Gasteiger partial charge in [0.15, 0.2) is 0 Å². The summed E-state index contributed by atoms with van der Waals surface area (Å²) in [4.78, 5) is 0. The van der Waals surface area contributed by atoms with Crippen molar-refractivity contribution in [2.45, 2.75) is 46.1 Å². The summed E-state index contributed by atoms with van der Waals surface area (Å²) in [5, 5.41) is 8.06. The van der Waals surface area contributed by atoms with Crippen LogP contribution < -0.4 is 5.32 Å². The molecule has 0 amide bonds. The molecule has 2 rings (SSSR count). The second-order valence-electron chi connectivity index (χ2n) is 4.50. The van der Waals surface area contributed by atoms with Crippen LogP contribution in [0.4, 0.5) is 0 Å². The Morgan fingerprint density at radius 3 is 2.87 bits per heavy atom. The molecule has 3 nitrogen and oxygen atoms in total. The Labute approximate surface area is 91.9 Å². The van der Waals surface area contributed by atoms with Crippen molar-refractivity contribution in [2.75, 3.05) is 13.1 Å². The Morgan fingerprint density at radius 1 is 1.47 bits per heavy atom. The van der Waals surface area contributed by atoms with Gasteiger partial charge < -0.3 is 5.32 Å². The standard InChI is InChI=1S/C12H21N3/c1-4-7-15-10(3)12(9(2)14-15)11-5-6-13-8-11/h11,13H,4-8H2,1-3H3. The summed E-state index contributed by atoms with van der Waals surface area (Å²) in [5.41, 5.74) is 4.10. The van der Waals surface area contributed by atoms with Gasteiger partial charge in [-0.25, -0.2) is 0 Å². The van der Waals surface area contributed by atoms with E-state index in [-0.39, 0.29) is 0 Å². The molecule has 2 heterocycles. The second kappa shape index (κ2) is 4.35. The monoisotopic (exact) mass is 207 g/mol. The molecule has 1 aliphatic heterocycles. The number of aryl methyl sites for hydroxylation is 2. The summed E-state index contributed by atoms with van der Waals surface area (Å²) in [6.07, 6.45) is 2.42. The normalized spacial score (nSPS) is 21.1. The van der Waals surface area contributed by atoms with Crippen molar-refractivity contribution in [1.82, 2.24) is 15.1 Å². The first-order valence-corrected chi connectivity index (χ1v) is 5.98. The average Bonchev–Trinajstić information content (AvgIpc) is 2.77. The molecule has 1 aromatic rings. The average molecular weight is 207 g/mol. The minimum absolute atomic E-state index is 0.690. The van der Waals surface area contributed by atoms with Gasteiger partial charge in [-0.3, -0.25) is 4.68 Å². The fourth-order valence-corrected chi connectivity index (χ4v) is 2.63. The maximum atomic E-state index is 4.63. The van der Waals surface area contributed by atoms with Crippen LogP contribution in [0, 0.1) is 13.8 Å². The van der Waals surface area contributed by atoms with E-state index in [1.165, 1.54) is 23.4 Å². The number of hydrogen-bond donors (Lipinski definition) is 1. The van der Waals surface area contributed by atoms with Crippen molar-refractivity contribution >= 4 is 0 Å². The summed E-state index contributed by atoms with van der Waals surface area (Å²) in [6.45, 7) is 9.89. The van der Waals surface area contributed by atoms with E-state index in [0.29, 0.717) is 5.92 Å². The minimum Gasteiger partial charge on any atom is -0.316 e. The molecule has 84 valence electrons. The van der Waals surface area contributed by atoms with Gasteiger partial charge in [-0.15, -0.1) is 0 Å². The molecule has 0 spiro atoms. The molecule has 1 fully saturated rings. The largest absolute Gasteiger partial charge is 0.316 e. The first-order chi connectivity index (χ1) is 7.24. The van der Waals surface area contributed by atoms with E-state index in [0.717, 1.165) is 26.1 Å². The second-order valence-corrected chi connectivity index (χ2v) is 4.50. The molecule has 15 heavy (non-hydrogen) atoms. The minimum atomic E-state index is 0.690. The fraction of sp³-hybridized carbons (Fsp3) is 0.750. The first kappa shape index (κ1) is 10.7. The molecule has 0 aliphatic carbocycles. The molecule has 0 bridgehead atoms. The van der Waals surface area contributed by atoms with Crippen molar-refractivity contribution in [3.8, 4) is 0 Å². The number of nitrogens with one attached hydrogen (secondary N) is 1. The lowest BCUT2D eigenvalue weighted by molar-refractivity contribution is 0.581. The molecule has 3 heteroatoms. The van der Waals surface area contributed by atoms with E-state index < -0.39 is 0 Å². The van der Waals surface area contributed by atoms with Crippen LogP contribution in [0.5, 0.6) is 0 Å². The Bertz CT molecular complexity index is 335. The Kier molecular flexibility index (Phi) is 3.10. The van der Waals surface area contributed by atoms with Crippen LogP contribution in [-0.2, 0) is 6.54 Å². The van der Waals surface area contributed by atoms with E-state index >= 15 is 0 Å². The molecule has 0 aromatic carbocycles. The maximum absolute atomic E-state index is 4.63. The van der Waals surface area contributed by atoms with Crippen LogP contribution in [0.15, 0.2) is 0 Å². The van der Waals surface area contributed by atoms with Crippen molar-refractivity contribution in [2.24, 2.45) is 0 Å². The van der Waals surface area contributed by atoms with Gasteiger partial charge in [-0.2, -0.15) is 5.10 Å². The van der Waals surface area contributed by atoms with Crippen LogP contribution in [0.3, 0.4) is 0 Å². The van der Waals surface area contributed by atoms with E-state index in [9.17, 15) is 0 Å². The van der Waals surface area contributed by atoms with E-state index in [2.05, 4.69) is 35.9 Å². The summed E-state index contributed by atoms with van der Waals surface area (Å²) < 4.78 is 2.17. The smallest absolute Gasteiger partial charge is 0.0631 e. The molecule has 1 aromatic heterocycles. The Morgan fingerprint density at radius 2 is 2.27 bits per heavy atom. The van der Waals surface area contributed by atoms with Crippen LogP contribution >= 0.6 is 0 Å². The lowest BCUT2D eigenvalue weighted by Crippen LogP contribution is -2.09.